The Morgan fingerprint density at radius 3 is 0.773 bits per heavy atom. The van der Waals surface area contributed by atoms with Crippen molar-refractivity contribution in [2.24, 2.45) is 0 Å². The van der Waals surface area contributed by atoms with E-state index in [9.17, 15) is 0 Å². The lowest BCUT2D eigenvalue weighted by molar-refractivity contribution is 0.590. The Hall–Kier alpha value is -6.78. The van der Waals surface area contributed by atoms with E-state index in [0.29, 0.717) is 0 Å². The molecular formula is C62H62N2O2. The summed E-state index contributed by atoms with van der Waals surface area (Å²) < 4.78 is 13.5. The van der Waals surface area contributed by atoms with Crippen LogP contribution in [0, 0.1) is 0 Å². The average Bonchev–Trinajstić information content (AvgIpc) is 3.80. The second kappa shape index (κ2) is 15.4. The first-order valence-electron chi connectivity index (χ1n) is 23.5. The van der Waals surface area contributed by atoms with Gasteiger partial charge in [-0.25, -0.2) is 0 Å². The van der Waals surface area contributed by atoms with Gasteiger partial charge in [0.05, 0.1) is 0 Å². The van der Waals surface area contributed by atoms with E-state index in [1.165, 1.54) is 22.3 Å². The molecule has 66 heavy (non-hydrogen) atoms. The molecule has 0 bridgehead atoms. The first-order valence-corrected chi connectivity index (χ1v) is 23.5. The summed E-state index contributed by atoms with van der Waals surface area (Å²) in [7, 11) is 0. The van der Waals surface area contributed by atoms with Gasteiger partial charge in [0.25, 0.3) is 0 Å². The van der Waals surface area contributed by atoms with Crippen molar-refractivity contribution in [1.82, 2.24) is 0 Å². The summed E-state index contributed by atoms with van der Waals surface area (Å²) in [6.45, 7) is 27.1. The van der Waals surface area contributed by atoms with E-state index in [0.717, 1.165) is 88.8 Å². The van der Waals surface area contributed by atoms with Gasteiger partial charge in [0, 0.05) is 67.8 Å². The normalized spacial score (nSPS) is 12.8. The van der Waals surface area contributed by atoms with Crippen LogP contribution in [-0.2, 0) is 21.7 Å². The molecule has 0 atom stereocenters. The Balaban J connectivity index is 1.04. The molecule has 10 rings (SSSR count). The highest BCUT2D eigenvalue weighted by Crippen LogP contribution is 2.44. The fourth-order valence-corrected chi connectivity index (χ4v) is 9.39. The molecule has 332 valence electrons. The molecular weight excluding hydrogens is 805 g/mol. The zero-order chi connectivity index (χ0) is 46.5. The predicted molar refractivity (Wildman–Crippen MR) is 283 cm³/mol. The SMILES string of the molecule is CC(C)(C)c1ccc(N(c2ccc(C(C)(C)C)cc2)c2ccc3c(c2)oc2cc4cc5oc6cc(N(c7ccc(C(C)(C)C)cc7)c7ccc(C(C)(C)C)cc7)ccc6c5cc4cc23)cc1. The molecule has 0 fully saturated rings. The van der Waals surface area contributed by atoms with Crippen molar-refractivity contribution in [1.29, 1.82) is 0 Å². The van der Waals surface area contributed by atoms with Crippen molar-refractivity contribution >= 4 is 88.8 Å². The van der Waals surface area contributed by atoms with E-state index in [-0.39, 0.29) is 21.7 Å². The molecule has 4 heteroatoms. The van der Waals surface area contributed by atoms with Gasteiger partial charge in [0.1, 0.15) is 22.3 Å². The Bertz CT molecular complexity index is 3070. The molecule has 10 aromatic rings. The second-order valence-corrected chi connectivity index (χ2v) is 22.5. The molecule has 2 heterocycles. The molecule has 0 aliphatic rings. The second-order valence-electron chi connectivity index (χ2n) is 22.5. The van der Waals surface area contributed by atoms with Crippen molar-refractivity contribution in [2.75, 3.05) is 9.80 Å². The van der Waals surface area contributed by atoms with Gasteiger partial charge in [-0.15, -0.1) is 0 Å². The van der Waals surface area contributed by atoms with Crippen LogP contribution in [0.4, 0.5) is 34.1 Å². The van der Waals surface area contributed by atoms with Crippen LogP contribution in [0.1, 0.15) is 105 Å². The van der Waals surface area contributed by atoms with E-state index in [4.69, 9.17) is 8.83 Å². The maximum atomic E-state index is 6.74. The molecule has 2 aromatic heterocycles. The minimum absolute atomic E-state index is 0.0646. The fourth-order valence-electron chi connectivity index (χ4n) is 9.39. The van der Waals surface area contributed by atoms with Crippen LogP contribution in [-0.4, -0.2) is 0 Å². The monoisotopic (exact) mass is 866 g/mol. The van der Waals surface area contributed by atoms with Crippen molar-refractivity contribution in [3.63, 3.8) is 0 Å². The largest absolute Gasteiger partial charge is 0.456 e. The van der Waals surface area contributed by atoms with Crippen LogP contribution in [0.25, 0.3) is 54.6 Å². The van der Waals surface area contributed by atoms with Crippen molar-refractivity contribution in [3.8, 4) is 0 Å². The quantitative estimate of drug-likeness (QED) is 0.167. The number of anilines is 6. The number of hydrogen-bond acceptors (Lipinski definition) is 4. The lowest BCUT2D eigenvalue weighted by Crippen LogP contribution is -2.14. The van der Waals surface area contributed by atoms with Gasteiger partial charge >= 0.3 is 0 Å². The Labute approximate surface area is 390 Å². The summed E-state index contributed by atoms with van der Waals surface area (Å²) in [6, 6.07) is 58.1. The van der Waals surface area contributed by atoms with Crippen LogP contribution >= 0.6 is 0 Å². The van der Waals surface area contributed by atoms with Crippen molar-refractivity contribution < 1.29 is 8.83 Å². The van der Waals surface area contributed by atoms with E-state index in [2.05, 4.69) is 251 Å². The lowest BCUT2D eigenvalue weighted by Gasteiger charge is -2.28. The first kappa shape index (κ1) is 43.1. The topological polar surface area (TPSA) is 32.8 Å². The van der Waals surface area contributed by atoms with Gasteiger partial charge in [-0.1, -0.05) is 132 Å². The van der Waals surface area contributed by atoms with Crippen LogP contribution in [0.2, 0.25) is 0 Å². The summed E-state index contributed by atoms with van der Waals surface area (Å²) in [6.07, 6.45) is 0. The van der Waals surface area contributed by atoms with Crippen molar-refractivity contribution in [2.45, 2.75) is 105 Å². The van der Waals surface area contributed by atoms with Crippen molar-refractivity contribution in [3.05, 3.63) is 180 Å². The number of furan rings is 2. The number of nitrogens with zero attached hydrogens (tertiary/aromatic N) is 2. The molecule has 8 aromatic carbocycles. The summed E-state index contributed by atoms with van der Waals surface area (Å²) in [5.74, 6) is 0. The van der Waals surface area contributed by atoms with E-state index in [1.54, 1.807) is 0 Å². The Morgan fingerprint density at radius 2 is 0.500 bits per heavy atom. The van der Waals surface area contributed by atoms with Gasteiger partial charge in [0.15, 0.2) is 0 Å². The zero-order valence-corrected chi connectivity index (χ0v) is 40.7. The lowest BCUT2D eigenvalue weighted by atomic mass is 9.86. The minimum atomic E-state index is 0.0646. The maximum Gasteiger partial charge on any atom is 0.137 e. The Morgan fingerprint density at radius 1 is 0.258 bits per heavy atom. The standard InChI is InChI=1S/C62H62N2O2/c1-59(2,3)41-13-21-45(22-14-41)63(46-23-15-42(16-24-46)60(4,5)6)49-29-31-51-53-33-39-34-54-52-32-30-50(38-58(52)66-56(54)36-40(39)35-55(53)65-57(51)37-49)64(47-25-17-43(18-26-47)61(7,8)9)48-27-19-44(20-28-48)62(10,11)12/h13-38H,1-12H3. The minimum Gasteiger partial charge on any atom is -0.456 e. The van der Waals surface area contributed by atoms with Crippen LogP contribution in [0.15, 0.2) is 167 Å². The summed E-state index contributed by atoms with van der Waals surface area (Å²) in [5, 5.41) is 6.60. The van der Waals surface area contributed by atoms with Gasteiger partial charge in [0.2, 0.25) is 0 Å². The van der Waals surface area contributed by atoms with Crippen LogP contribution in [0.3, 0.4) is 0 Å². The molecule has 4 nitrogen and oxygen atoms in total. The molecule has 0 aliphatic heterocycles. The molecule has 0 N–H and O–H groups in total. The summed E-state index contributed by atoms with van der Waals surface area (Å²) >= 11 is 0. The third kappa shape index (κ3) is 7.91. The maximum absolute atomic E-state index is 6.74. The molecule has 0 radical (unpaired) electrons. The van der Waals surface area contributed by atoms with Gasteiger partial charge in [-0.3, -0.25) is 0 Å². The average molecular weight is 867 g/mol. The summed E-state index contributed by atoms with van der Waals surface area (Å²) in [5.41, 5.74) is 15.4. The summed E-state index contributed by atoms with van der Waals surface area (Å²) in [4.78, 5) is 4.66. The highest BCUT2D eigenvalue weighted by Gasteiger charge is 2.23. The van der Waals surface area contributed by atoms with E-state index in [1.807, 2.05) is 0 Å². The number of hydrogen-bond donors (Lipinski definition) is 0. The smallest absolute Gasteiger partial charge is 0.137 e. The van der Waals surface area contributed by atoms with Gasteiger partial charge in [-0.2, -0.15) is 0 Å². The van der Waals surface area contributed by atoms with E-state index < -0.39 is 0 Å². The van der Waals surface area contributed by atoms with E-state index >= 15 is 0 Å². The molecule has 0 spiro atoms. The highest BCUT2D eigenvalue weighted by atomic mass is 16.3. The number of rotatable bonds is 6. The van der Waals surface area contributed by atoms with Crippen LogP contribution in [0.5, 0.6) is 0 Å². The third-order valence-corrected chi connectivity index (χ3v) is 13.5. The van der Waals surface area contributed by atoms with Crippen LogP contribution < -0.4 is 9.80 Å². The van der Waals surface area contributed by atoms with Gasteiger partial charge < -0.3 is 18.6 Å². The highest BCUT2D eigenvalue weighted by molar-refractivity contribution is 6.15. The third-order valence-electron chi connectivity index (χ3n) is 13.5. The van der Waals surface area contributed by atoms with Gasteiger partial charge in [-0.05, 0) is 152 Å². The first-order chi connectivity index (χ1) is 31.2. The fraction of sp³-hybridized carbons (Fsp3) is 0.258. The number of fused-ring (bicyclic) bond motifs is 7. The molecule has 0 amide bonds. The molecule has 0 saturated heterocycles. The predicted octanol–water partition coefficient (Wildman–Crippen LogP) is 18.8. The molecule has 0 aliphatic carbocycles. The molecule has 0 unspecified atom stereocenters. The molecule has 0 saturated carbocycles. The zero-order valence-electron chi connectivity index (χ0n) is 40.7. The number of benzene rings is 8. The Kier molecular flexibility index (Phi) is 10.1.